The first-order valence-electron chi connectivity index (χ1n) is 13.4. The van der Waals surface area contributed by atoms with Crippen molar-refractivity contribution in [1.82, 2.24) is 15.3 Å². The molecule has 0 aliphatic carbocycles. The zero-order valence-corrected chi connectivity index (χ0v) is 22.4. The van der Waals surface area contributed by atoms with Gasteiger partial charge in [-0.2, -0.15) is 0 Å². The molecule has 11 nitrogen and oxygen atoms in total. The Morgan fingerprint density at radius 2 is 1.68 bits per heavy atom. The van der Waals surface area contributed by atoms with Crippen molar-refractivity contribution < 1.29 is 38.1 Å². The smallest absolute Gasteiger partial charge is 0.465 e. The number of ether oxygens (including phenoxy) is 4. The molecule has 2 saturated heterocycles. The average Bonchev–Trinajstić information content (AvgIpc) is 3.05. The molecule has 1 aromatic rings. The summed E-state index contributed by atoms with van der Waals surface area (Å²) in [4.78, 5) is 51.2. The van der Waals surface area contributed by atoms with E-state index in [0.717, 1.165) is 5.56 Å². The molecule has 210 valence electrons. The van der Waals surface area contributed by atoms with E-state index in [0.29, 0.717) is 51.6 Å². The largest absolute Gasteiger partial charge is 0.511 e. The van der Waals surface area contributed by atoms with Crippen molar-refractivity contribution in [2.75, 3.05) is 26.3 Å². The number of carbonyl (C=O) groups is 4. The number of rotatable bonds is 11. The molecule has 0 aromatic heterocycles. The van der Waals surface area contributed by atoms with E-state index in [2.05, 4.69) is 5.32 Å². The maximum absolute atomic E-state index is 13.8. The second-order valence-corrected chi connectivity index (χ2v) is 9.29. The number of nitrogens with zero attached hydrogens (tertiary/aromatic N) is 2. The lowest BCUT2D eigenvalue weighted by Crippen LogP contribution is -2.62. The van der Waals surface area contributed by atoms with Crippen LogP contribution in [0.25, 0.3) is 0 Å². The van der Waals surface area contributed by atoms with Gasteiger partial charge < -0.3 is 18.9 Å². The number of fused-ring (bicyclic) bond motifs is 1. The van der Waals surface area contributed by atoms with E-state index in [1.165, 1.54) is 11.9 Å². The Bertz CT molecular complexity index is 944. The first-order chi connectivity index (χ1) is 18.3. The number of aryl methyl sites for hydroxylation is 1. The van der Waals surface area contributed by atoms with E-state index in [9.17, 15) is 19.2 Å². The van der Waals surface area contributed by atoms with Gasteiger partial charge in [0, 0.05) is 20.0 Å². The summed E-state index contributed by atoms with van der Waals surface area (Å²) in [5, 5.41) is 6.58. The fourth-order valence-corrected chi connectivity index (χ4v) is 4.80. The zero-order chi connectivity index (χ0) is 27.5. The van der Waals surface area contributed by atoms with Crippen molar-refractivity contribution in [3.05, 3.63) is 35.9 Å². The van der Waals surface area contributed by atoms with Crippen molar-refractivity contribution in [2.45, 2.75) is 83.7 Å². The molecule has 1 aromatic carbocycles. The third-order valence-electron chi connectivity index (χ3n) is 6.54. The van der Waals surface area contributed by atoms with Crippen molar-refractivity contribution in [1.29, 1.82) is 0 Å². The molecule has 2 unspecified atom stereocenters. The number of hydrazine groups is 1. The van der Waals surface area contributed by atoms with Crippen molar-refractivity contribution in [3.8, 4) is 0 Å². The van der Waals surface area contributed by atoms with Gasteiger partial charge in [-0.05, 0) is 57.9 Å². The summed E-state index contributed by atoms with van der Waals surface area (Å²) < 4.78 is 20.3. The molecule has 0 bridgehead atoms. The van der Waals surface area contributed by atoms with E-state index < -0.39 is 42.5 Å². The highest BCUT2D eigenvalue weighted by atomic mass is 16.8. The highest BCUT2D eigenvalue weighted by Gasteiger charge is 2.43. The normalized spacial score (nSPS) is 21.4. The Hall–Kier alpha value is -3.18. The van der Waals surface area contributed by atoms with Gasteiger partial charge in [0.05, 0.1) is 19.3 Å². The SMILES string of the molecule is CCOC(=O)O[C@@H](C)OC(=O)C1CCCN2CCCC(N[C@@H](CCc3ccccc3)C(=O)OCC)C(=O)N12. The molecule has 1 N–H and O–H groups in total. The molecule has 38 heavy (non-hydrogen) atoms. The Balaban J connectivity index is 1.71. The van der Waals surface area contributed by atoms with E-state index in [1.807, 2.05) is 35.3 Å². The summed E-state index contributed by atoms with van der Waals surface area (Å²) in [6.45, 7) is 6.39. The fourth-order valence-electron chi connectivity index (χ4n) is 4.80. The van der Waals surface area contributed by atoms with Crippen molar-refractivity contribution >= 4 is 24.0 Å². The van der Waals surface area contributed by atoms with Crippen LogP contribution in [-0.2, 0) is 39.8 Å². The maximum Gasteiger partial charge on any atom is 0.511 e. The van der Waals surface area contributed by atoms with Gasteiger partial charge in [-0.15, -0.1) is 0 Å². The maximum atomic E-state index is 13.8. The van der Waals surface area contributed by atoms with Gasteiger partial charge in [0.15, 0.2) is 0 Å². The summed E-state index contributed by atoms with van der Waals surface area (Å²) in [5.41, 5.74) is 1.08. The highest BCUT2D eigenvalue weighted by Crippen LogP contribution is 2.25. The Labute approximate surface area is 223 Å². The van der Waals surface area contributed by atoms with E-state index in [-0.39, 0.29) is 19.1 Å². The van der Waals surface area contributed by atoms with Crippen LogP contribution in [0.5, 0.6) is 0 Å². The van der Waals surface area contributed by atoms with Crippen LogP contribution in [-0.4, -0.2) is 84.7 Å². The third-order valence-corrected chi connectivity index (χ3v) is 6.54. The molecule has 0 spiro atoms. The standard InChI is InChI=1S/C27H39N3O8/c1-4-35-25(32)22(16-15-20-11-7-6-8-12-20)28-21-13-9-17-29-18-10-14-23(30(29)24(21)31)26(33)37-19(3)38-27(34)36-5-2/h6-8,11-12,19,21-23,28H,4-5,9-10,13-18H2,1-3H3/t19-,21?,22-,23?/m0/s1. The summed E-state index contributed by atoms with van der Waals surface area (Å²) in [7, 11) is 0. The molecule has 2 fully saturated rings. The zero-order valence-electron chi connectivity index (χ0n) is 22.4. The van der Waals surface area contributed by atoms with Gasteiger partial charge in [0.25, 0.3) is 5.91 Å². The third kappa shape index (κ3) is 8.16. The van der Waals surface area contributed by atoms with Crippen LogP contribution >= 0.6 is 0 Å². The quantitative estimate of drug-likeness (QED) is 0.258. The monoisotopic (exact) mass is 533 g/mol. The number of hydrogen-bond acceptors (Lipinski definition) is 10. The molecule has 4 atom stereocenters. The summed E-state index contributed by atoms with van der Waals surface area (Å²) in [6, 6.07) is 7.60. The molecule has 2 aliphatic heterocycles. The predicted octanol–water partition coefficient (Wildman–Crippen LogP) is 2.57. The van der Waals surface area contributed by atoms with Crippen LogP contribution in [0.2, 0.25) is 0 Å². The second-order valence-electron chi connectivity index (χ2n) is 9.29. The number of esters is 2. The van der Waals surface area contributed by atoms with Gasteiger partial charge in [-0.1, -0.05) is 30.3 Å². The number of hydrogen-bond donors (Lipinski definition) is 1. The van der Waals surface area contributed by atoms with Gasteiger partial charge in [-0.3, -0.25) is 19.9 Å². The average molecular weight is 534 g/mol. The lowest BCUT2D eigenvalue weighted by atomic mass is 10.0. The number of nitrogens with one attached hydrogen (secondary N) is 1. The first-order valence-corrected chi connectivity index (χ1v) is 13.4. The Morgan fingerprint density at radius 1 is 1.00 bits per heavy atom. The second kappa shape index (κ2) is 14.7. The van der Waals surface area contributed by atoms with Crippen molar-refractivity contribution in [3.63, 3.8) is 0 Å². The highest BCUT2D eigenvalue weighted by molar-refractivity contribution is 5.88. The fraction of sp³-hybridized carbons (Fsp3) is 0.630. The van der Waals surface area contributed by atoms with Gasteiger partial charge in [0.1, 0.15) is 12.1 Å². The first kappa shape index (κ1) is 29.4. The topological polar surface area (TPSA) is 124 Å². The van der Waals surface area contributed by atoms with E-state index >= 15 is 0 Å². The van der Waals surface area contributed by atoms with Crippen LogP contribution in [0.1, 0.15) is 58.4 Å². The summed E-state index contributed by atoms with van der Waals surface area (Å²) in [5.74, 6) is -1.36. The number of amides is 1. The minimum absolute atomic E-state index is 0.131. The predicted molar refractivity (Wildman–Crippen MR) is 136 cm³/mol. The lowest BCUT2D eigenvalue weighted by molar-refractivity contribution is -0.191. The van der Waals surface area contributed by atoms with Gasteiger partial charge >= 0.3 is 18.1 Å². The van der Waals surface area contributed by atoms with E-state index in [4.69, 9.17) is 18.9 Å². The van der Waals surface area contributed by atoms with Crippen LogP contribution in [0, 0.1) is 0 Å². The Kier molecular flexibility index (Phi) is 11.3. The molecule has 2 heterocycles. The molecular weight excluding hydrogens is 494 g/mol. The molecule has 3 rings (SSSR count). The van der Waals surface area contributed by atoms with E-state index in [1.54, 1.807) is 13.8 Å². The molecule has 1 amide bonds. The van der Waals surface area contributed by atoms with Gasteiger partial charge in [-0.25, -0.2) is 14.6 Å². The molecule has 0 saturated carbocycles. The summed E-state index contributed by atoms with van der Waals surface area (Å²) in [6.07, 6.45) is 1.33. The van der Waals surface area contributed by atoms with Crippen LogP contribution < -0.4 is 5.32 Å². The van der Waals surface area contributed by atoms with Crippen molar-refractivity contribution in [2.24, 2.45) is 0 Å². The molecule has 0 radical (unpaired) electrons. The lowest BCUT2D eigenvalue weighted by Gasteiger charge is -2.43. The van der Waals surface area contributed by atoms with Crippen LogP contribution in [0.4, 0.5) is 4.79 Å². The molecule has 2 aliphatic rings. The van der Waals surface area contributed by atoms with Crippen LogP contribution in [0.15, 0.2) is 30.3 Å². The summed E-state index contributed by atoms with van der Waals surface area (Å²) >= 11 is 0. The van der Waals surface area contributed by atoms with Gasteiger partial charge in [0.2, 0.25) is 6.29 Å². The number of benzene rings is 1. The number of carbonyl (C=O) groups excluding carboxylic acids is 4. The molecule has 11 heteroatoms. The Morgan fingerprint density at radius 3 is 2.37 bits per heavy atom. The minimum Gasteiger partial charge on any atom is -0.465 e. The van der Waals surface area contributed by atoms with Crippen LogP contribution in [0.3, 0.4) is 0 Å². The minimum atomic E-state index is -1.17. The molecular formula is C27H39N3O8.